The Labute approximate surface area is 116 Å². The number of halogens is 1. The number of fused-ring (bicyclic) bond motifs is 1. The van der Waals surface area contributed by atoms with Crippen LogP contribution in [0.1, 0.15) is 18.2 Å². The highest BCUT2D eigenvalue weighted by Gasteiger charge is 2.40. The SMILES string of the molecule is CC1(CO)OCc2c(N3CCOCC3)nc(Cl)nc21. The van der Waals surface area contributed by atoms with Gasteiger partial charge in [-0.3, -0.25) is 0 Å². The van der Waals surface area contributed by atoms with E-state index in [1.807, 2.05) is 6.92 Å². The summed E-state index contributed by atoms with van der Waals surface area (Å²) in [5.74, 6) is 0.801. The summed E-state index contributed by atoms with van der Waals surface area (Å²) < 4.78 is 11.0. The predicted molar refractivity (Wildman–Crippen MR) is 69.3 cm³/mol. The van der Waals surface area contributed by atoms with Gasteiger partial charge in [0.1, 0.15) is 11.4 Å². The van der Waals surface area contributed by atoms with Crippen LogP contribution in [-0.4, -0.2) is 48.0 Å². The van der Waals surface area contributed by atoms with Crippen LogP contribution in [0.4, 0.5) is 5.82 Å². The van der Waals surface area contributed by atoms with Crippen LogP contribution in [0, 0.1) is 0 Å². The molecule has 0 saturated carbocycles. The molecule has 0 amide bonds. The van der Waals surface area contributed by atoms with Gasteiger partial charge in [0.15, 0.2) is 0 Å². The predicted octanol–water partition coefficient (Wildman–Crippen LogP) is 0.704. The topological polar surface area (TPSA) is 67.7 Å². The Morgan fingerprint density at radius 2 is 2.11 bits per heavy atom. The highest BCUT2D eigenvalue weighted by atomic mass is 35.5. The monoisotopic (exact) mass is 285 g/mol. The molecule has 1 fully saturated rings. The molecule has 0 aliphatic carbocycles. The maximum atomic E-state index is 9.50. The number of aliphatic hydroxyl groups excluding tert-OH is 1. The Bertz CT molecular complexity index is 493. The minimum atomic E-state index is -0.789. The van der Waals surface area contributed by atoms with Crippen molar-refractivity contribution >= 4 is 17.4 Å². The van der Waals surface area contributed by atoms with Gasteiger partial charge in [-0.05, 0) is 18.5 Å². The smallest absolute Gasteiger partial charge is 0.224 e. The van der Waals surface area contributed by atoms with Crippen LogP contribution >= 0.6 is 11.6 Å². The van der Waals surface area contributed by atoms with Gasteiger partial charge in [-0.2, -0.15) is 0 Å². The summed E-state index contributed by atoms with van der Waals surface area (Å²) in [5, 5.41) is 9.69. The van der Waals surface area contributed by atoms with Crippen LogP contribution in [0.15, 0.2) is 0 Å². The van der Waals surface area contributed by atoms with Crippen LogP contribution < -0.4 is 4.90 Å². The molecule has 1 atom stereocenters. The average Bonchev–Trinajstić information content (AvgIpc) is 2.77. The molecule has 19 heavy (non-hydrogen) atoms. The molecule has 3 rings (SSSR count). The van der Waals surface area contributed by atoms with Gasteiger partial charge in [-0.1, -0.05) is 0 Å². The minimum Gasteiger partial charge on any atom is -0.393 e. The van der Waals surface area contributed by atoms with E-state index < -0.39 is 5.60 Å². The van der Waals surface area contributed by atoms with Gasteiger partial charge in [0.2, 0.25) is 5.28 Å². The summed E-state index contributed by atoms with van der Waals surface area (Å²) in [5.41, 5.74) is 0.822. The molecule has 7 heteroatoms. The van der Waals surface area contributed by atoms with Crippen molar-refractivity contribution in [2.45, 2.75) is 19.1 Å². The summed E-state index contributed by atoms with van der Waals surface area (Å²) in [7, 11) is 0. The zero-order valence-electron chi connectivity index (χ0n) is 10.7. The second-order valence-corrected chi connectivity index (χ2v) is 5.26. The normalized spacial score (nSPS) is 26.6. The number of anilines is 1. The van der Waals surface area contributed by atoms with Crippen molar-refractivity contribution in [2.75, 3.05) is 37.8 Å². The maximum absolute atomic E-state index is 9.50. The first-order chi connectivity index (χ1) is 9.14. The first-order valence-electron chi connectivity index (χ1n) is 6.28. The third-order valence-electron chi connectivity index (χ3n) is 3.61. The average molecular weight is 286 g/mol. The number of morpholine rings is 1. The first-order valence-corrected chi connectivity index (χ1v) is 6.66. The molecule has 0 radical (unpaired) electrons. The van der Waals surface area contributed by atoms with Crippen molar-refractivity contribution in [1.29, 1.82) is 0 Å². The lowest BCUT2D eigenvalue weighted by atomic mass is 10.0. The summed E-state index contributed by atoms with van der Waals surface area (Å²) in [4.78, 5) is 10.7. The number of nitrogens with zero attached hydrogens (tertiary/aromatic N) is 3. The molecule has 2 aliphatic rings. The molecule has 2 aliphatic heterocycles. The molecule has 1 unspecified atom stereocenters. The Hall–Kier alpha value is -0.950. The fraction of sp³-hybridized carbons (Fsp3) is 0.667. The lowest BCUT2D eigenvalue weighted by molar-refractivity contribution is -0.0624. The zero-order chi connectivity index (χ0) is 13.5. The van der Waals surface area contributed by atoms with Crippen LogP contribution in [0.3, 0.4) is 0 Å². The summed E-state index contributed by atoms with van der Waals surface area (Å²) in [6.45, 7) is 4.98. The standard InChI is InChI=1S/C12H16ClN3O3/c1-12(7-17)9-8(6-19-12)10(15-11(13)14-9)16-2-4-18-5-3-16/h17H,2-7H2,1H3. The number of rotatable bonds is 2. The van der Waals surface area contributed by atoms with E-state index in [0.29, 0.717) is 25.5 Å². The molecule has 1 aromatic rings. The third-order valence-corrected chi connectivity index (χ3v) is 3.78. The van der Waals surface area contributed by atoms with Crippen molar-refractivity contribution in [1.82, 2.24) is 9.97 Å². The Kier molecular flexibility index (Phi) is 3.34. The van der Waals surface area contributed by atoms with E-state index >= 15 is 0 Å². The second kappa shape index (κ2) is 4.86. The molecular formula is C12H16ClN3O3. The molecule has 1 saturated heterocycles. The fourth-order valence-corrected chi connectivity index (χ4v) is 2.64. The van der Waals surface area contributed by atoms with Gasteiger partial charge in [-0.15, -0.1) is 0 Å². The minimum absolute atomic E-state index is 0.129. The maximum Gasteiger partial charge on any atom is 0.224 e. The number of hydrogen-bond acceptors (Lipinski definition) is 6. The lowest BCUT2D eigenvalue weighted by Crippen LogP contribution is -2.37. The van der Waals surface area contributed by atoms with E-state index in [4.69, 9.17) is 21.1 Å². The molecule has 0 bridgehead atoms. The van der Waals surface area contributed by atoms with Crippen LogP contribution in [0.25, 0.3) is 0 Å². The van der Waals surface area contributed by atoms with E-state index in [2.05, 4.69) is 14.9 Å². The molecule has 104 valence electrons. The first kappa shape index (κ1) is 13.1. The van der Waals surface area contributed by atoms with Crippen LogP contribution in [-0.2, 0) is 21.7 Å². The van der Waals surface area contributed by atoms with Crippen molar-refractivity contribution in [3.05, 3.63) is 16.5 Å². The summed E-state index contributed by atoms with van der Waals surface area (Å²) in [6.07, 6.45) is 0. The molecule has 6 nitrogen and oxygen atoms in total. The van der Waals surface area contributed by atoms with Gasteiger partial charge < -0.3 is 19.5 Å². The molecule has 0 spiro atoms. The zero-order valence-corrected chi connectivity index (χ0v) is 11.5. The summed E-state index contributed by atoms with van der Waals surface area (Å²) >= 11 is 6.01. The molecular weight excluding hydrogens is 270 g/mol. The van der Waals surface area contributed by atoms with Crippen molar-refractivity contribution in [3.63, 3.8) is 0 Å². The van der Waals surface area contributed by atoms with Crippen LogP contribution in [0.2, 0.25) is 5.28 Å². The van der Waals surface area contributed by atoms with Crippen molar-refractivity contribution in [3.8, 4) is 0 Å². The van der Waals surface area contributed by atoms with Crippen LogP contribution in [0.5, 0.6) is 0 Å². The van der Waals surface area contributed by atoms with Gasteiger partial charge in [0, 0.05) is 18.7 Å². The number of ether oxygens (including phenoxy) is 2. The molecule has 3 heterocycles. The number of hydrogen-bond donors (Lipinski definition) is 1. The molecule has 1 aromatic heterocycles. The van der Waals surface area contributed by atoms with E-state index in [1.165, 1.54) is 0 Å². The van der Waals surface area contributed by atoms with Gasteiger partial charge in [0.25, 0.3) is 0 Å². The van der Waals surface area contributed by atoms with Crippen molar-refractivity contribution < 1.29 is 14.6 Å². The largest absolute Gasteiger partial charge is 0.393 e. The molecule has 0 aromatic carbocycles. The van der Waals surface area contributed by atoms with E-state index in [-0.39, 0.29) is 11.9 Å². The van der Waals surface area contributed by atoms with E-state index in [9.17, 15) is 5.11 Å². The number of aliphatic hydroxyl groups is 1. The van der Waals surface area contributed by atoms with Gasteiger partial charge >= 0.3 is 0 Å². The Morgan fingerprint density at radius 1 is 1.37 bits per heavy atom. The van der Waals surface area contributed by atoms with E-state index in [1.54, 1.807) is 0 Å². The van der Waals surface area contributed by atoms with E-state index in [0.717, 1.165) is 24.5 Å². The fourth-order valence-electron chi connectivity index (χ4n) is 2.47. The van der Waals surface area contributed by atoms with Gasteiger partial charge in [0.05, 0.1) is 32.1 Å². The van der Waals surface area contributed by atoms with Crippen molar-refractivity contribution in [2.24, 2.45) is 0 Å². The molecule has 1 N–H and O–H groups in total. The number of aromatic nitrogens is 2. The third kappa shape index (κ3) is 2.18. The Balaban J connectivity index is 2.04. The Morgan fingerprint density at radius 3 is 2.79 bits per heavy atom. The lowest BCUT2D eigenvalue weighted by Gasteiger charge is -2.29. The van der Waals surface area contributed by atoms with Gasteiger partial charge in [-0.25, -0.2) is 9.97 Å². The highest BCUT2D eigenvalue weighted by molar-refractivity contribution is 6.28. The quantitative estimate of drug-likeness (QED) is 0.807. The highest BCUT2D eigenvalue weighted by Crippen LogP contribution is 2.39. The summed E-state index contributed by atoms with van der Waals surface area (Å²) in [6, 6.07) is 0. The second-order valence-electron chi connectivity index (χ2n) is 4.92.